The van der Waals surface area contributed by atoms with Crippen LogP contribution < -0.4 is 0 Å². The number of aromatic nitrogens is 2. The van der Waals surface area contributed by atoms with Crippen LogP contribution in [-0.4, -0.2) is 69.9 Å². The number of carbonyl (C=O) groups excluding carboxylic acids is 1. The van der Waals surface area contributed by atoms with Crippen LogP contribution in [-0.2, 0) is 6.54 Å². The molecule has 1 aromatic heterocycles. The minimum atomic E-state index is -0.812. The summed E-state index contributed by atoms with van der Waals surface area (Å²) in [5.41, 5.74) is -0.196. The molecule has 2 heterocycles. The van der Waals surface area contributed by atoms with Crippen molar-refractivity contribution >= 4 is 5.91 Å². The lowest BCUT2D eigenvalue weighted by Crippen LogP contribution is -2.54. The number of aliphatic hydroxyl groups is 1. The molecule has 0 aliphatic carbocycles. The minimum absolute atomic E-state index is 0.0298. The summed E-state index contributed by atoms with van der Waals surface area (Å²) >= 11 is 0. The third-order valence-electron chi connectivity index (χ3n) is 3.82. The average molecular weight is 294 g/mol. The zero-order chi connectivity index (χ0) is 15.5. The molecular formula is C15H26N4O2. The standard InChI is InChI=1S/C15H26N4O2/c1-4-9-19-13(6-8-16-19)14(20)18-10-5-7-15(21,12-18)11-17(2)3/h6,8,21H,4-5,7,9-12H2,1-3H3/t15-/m0/s1. The summed E-state index contributed by atoms with van der Waals surface area (Å²) in [6, 6.07) is 1.76. The Hall–Kier alpha value is -1.40. The predicted octanol–water partition coefficient (Wildman–Crippen LogP) is 0.822. The number of likely N-dealkylation sites (N-methyl/N-ethyl adjacent to an activating group) is 1. The van der Waals surface area contributed by atoms with Crippen molar-refractivity contribution in [3.05, 3.63) is 18.0 Å². The summed E-state index contributed by atoms with van der Waals surface area (Å²) in [6.07, 6.45) is 4.17. The van der Waals surface area contributed by atoms with Gasteiger partial charge < -0.3 is 14.9 Å². The van der Waals surface area contributed by atoms with E-state index in [2.05, 4.69) is 12.0 Å². The first-order chi connectivity index (χ1) is 9.95. The Labute approximate surface area is 126 Å². The Kier molecular flexibility index (Phi) is 5.00. The van der Waals surface area contributed by atoms with Gasteiger partial charge in [0.2, 0.25) is 0 Å². The molecule has 0 bridgehead atoms. The van der Waals surface area contributed by atoms with Crippen molar-refractivity contribution in [1.82, 2.24) is 19.6 Å². The number of carbonyl (C=O) groups is 1. The van der Waals surface area contributed by atoms with Crippen molar-refractivity contribution < 1.29 is 9.90 Å². The fraction of sp³-hybridized carbons (Fsp3) is 0.733. The lowest BCUT2D eigenvalue weighted by molar-refractivity contribution is -0.0394. The van der Waals surface area contributed by atoms with Crippen molar-refractivity contribution in [2.24, 2.45) is 0 Å². The van der Waals surface area contributed by atoms with E-state index in [1.807, 2.05) is 19.0 Å². The molecular weight excluding hydrogens is 268 g/mol. The minimum Gasteiger partial charge on any atom is -0.387 e. The second kappa shape index (κ2) is 6.58. The highest BCUT2D eigenvalue weighted by Crippen LogP contribution is 2.23. The monoisotopic (exact) mass is 294 g/mol. The molecule has 21 heavy (non-hydrogen) atoms. The zero-order valence-corrected chi connectivity index (χ0v) is 13.2. The van der Waals surface area contributed by atoms with Gasteiger partial charge in [0.1, 0.15) is 5.69 Å². The Morgan fingerprint density at radius 2 is 2.29 bits per heavy atom. The molecule has 0 radical (unpaired) electrons. The van der Waals surface area contributed by atoms with E-state index in [-0.39, 0.29) is 5.91 Å². The van der Waals surface area contributed by atoms with Crippen LogP contribution in [0.25, 0.3) is 0 Å². The van der Waals surface area contributed by atoms with Gasteiger partial charge in [-0.1, -0.05) is 6.92 Å². The number of β-amino-alcohol motifs (C(OH)–C–C–N with tert-alkyl or cyclic N) is 1. The third kappa shape index (κ3) is 3.83. The second-order valence-electron chi connectivity index (χ2n) is 6.23. The van der Waals surface area contributed by atoms with Crippen molar-refractivity contribution in [2.45, 2.75) is 38.3 Å². The molecule has 0 aromatic carbocycles. The van der Waals surface area contributed by atoms with E-state index in [0.717, 1.165) is 25.8 Å². The zero-order valence-electron chi connectivity index (χ0n) is 13.2. The highest BCUT2D eigenvalue weighted by Gasteiger charge is 2.36. The molecule has 1 N–H and O–H groups in total. The van der Waals surface area contributed by atoms with Gasteiger partial charge in [-0.15, -0.1) is 0 Å². The topological polar surface area (TPSA) is 61.6 Å². The first-order valence-electron chi connectivity index (χ1n) is 7.63. The summed E-state index contributed by atoms with van der Waals surface area (Å²) in [5.74, 6) is -0.0298. The van der Waals surface area contributed by atoms with Crippen LogP contribution in [0.2, 0.25) is 0 Å². The van der Waals surface area contributed by atoms with Gasteiger partial charge in [0.15, 0.2) is 0 Å². The van der Waals surface area contributed by atoms with Gasteiger partial charge in [-0.2, -0.15) is 5.10 Å². The molecule has 1 fully saturated rings. The van der Waals surface area contributed by atoms with Gasteiger partial charge in [0.25, 0.3) is 5.91 Å². The average Bonchev–Trinajstić information content (AvgIpc) is 2.85. The number of piperidine rings is 1. The number of hydrogen-bond donors (Lipinski definition) is 1. The lowest BCUT2D eigenvalue weighted by Gasteiger charge is -2.40. The summed E-state index contributed by atoms with van der Waals surface area (Å²) < 4.78 is 1.75. The molecule has 6 heteroatoms. The van der Waals surface area contributed by atoms with Gasteiger partial charge in [0, 0.05) is 25.8 Å². The first kappa shape index (κ1) is 16.0. The number of hydrogen-bond acceptors (Lipinski definition) is 4. The molecule has 1 aromatic rings. The van der Waals surface area contributed by atoms with Crippen LogP contribution in [0, 0.1) is 0 Å². The van der Waals surface area contributed by atoms with E-state index in [1.54, 1.807) is 21.8 Å². The fourth-order valence-corrected chi connectivity index (χ4v) is 3.07. The van der Waals surface area contributed by atoms with Crippen LogP contribution >= 0.6 is 0 Å². The Morgan fingerprint density at radius 1 is 1.52 bits per heavy atom. The number of amides is 1. The van der Waals surface area contributed by atoms with E-state index in [1.165, 1.54) is 0 Å². The first-order valence-corrected chi connectivity index (χ1v) is 7.63. The van der Waals surface area contributed by atoms with Gasteiger partial charge in [-0.3, -0.25) is 9.48 Å². The highest BCUT2D eigenvalue weighted by atomic mass is 16.3. The Bertz CT molecular complexity index is 486. The maximum Gasteiger partial charge on any atom is 0.272 e. The molecule has 6 nitrogen and oxygen atoms in total. The van der Waals surface area contributed by atoms with Gasteiger partial charge in [-0.25, -0.2) is 0 Å². The van der Waals surface area contributed by atoms with E-state index >= 15 is 0 Å². The molecule has 0 saturated carbocycles. The summed E-state index contributed by atoms with van der Waals surface area (Å²) in [5, 5.41) is 14.9. The quantitative estimate of drug-likeness (QED) is 0.873. The number of likely N-dealkylation sites (tertiary alicyclic amines) is 1. The highest BCUT2D eigenvalue weighted by molar-refractivity contribution is 5.92. The molecule has 1 aliphatic rings. The smallest absolute Gasteiger partial charge is 0.272 e. The maximum atomic E-state index is 12.7. The Balaban J connectivity index is 2.10. The number of aryl methyl sites for hydroxylation is 1. The third-order valence-corrected chi connectivity index (χ3v) is 3.82. The number of nitrogens with zero attached hydrogens (tertiary/aromatic N) is 4. The van der Waals surface area contributed by atoms with Crippen molar-refractivity contribution in [2.75, 3.05) is 33.7 Å². The molecule has 118 valence electrons. The molecule has 1 aliphatic heterocycles. The lowest BCUT2D eigenvalue weighted by atomic mass is 9.92. The Morgan fingerprint density at radius 3 is 2.95 bits per heavy atom. The van der Waals surface area contributed by atoms with E-state index in [0.29, 0.717) is 25.3 Å². The van der Waals surface area contributed by atoms with Crippen LogP contribution in [0.3, 0.4) is 0 Å². The van der Waals surface area contributed by atoms with Gasteiger partial charge in [0.05, 0.1) is 12.1 Å². The summed E-state index contributed by atoms with van der Waals surface area (Å²) in [6.45, 7) is 4.47. The molecule has 1 atom stereocenters. The van der Waals surface area contributed by atoms with Crippen LogP contribution in [0.1, 0.15) is 36.7 Å². The molecule has 2 rings (SSSR count). The molecule has 1 amide bonds. The van der Waals surface area contributed by atoms with Crippen molar-refractivity contribution in [1.29, 1.82) is 0 Å². The van der Waals surface area contributed by atoms with E-state index in [4.69, 9.17) is 0 Å². The SMILES string of the molecule is CCCn1nccc1C(=O)N1CCC[C@](O)(CN(C)C)C1. The van der Waals surface area contributed by atoms with Crippen LogP contribution in [0.15, 0.2) is 12.3 Å². The van der Waals surface area contributed by atoms with Gasteiger partial charge >= 0.3 is 0 Å². The maximum absolute atomic E-state index is 12.7. The summed E-state index contributed by atoms with van der Waals surface area (Å²) in [4.78, 5) is 16.4. The van der Waals surface area contributed by atoms with Gasteiger partial charge in [-0.05, 0) is 39.4 Å². The summed E-state index contributed by atoms with van der Waals surface area (Å²) in [7, 11) is 3.88. The van der Waals surface area contributed by atoms with Crippen LogP contribution in [0.5, 0.6) is 0 Å². The van der Waals surface area contributed by atoms with E-state index in [9.17, 15) is 9.90 Å². The van der Waals surface area contributed by atoms with E-state index < -0.39 is 5.60 Å². The fourth-order valence-electron chi connectivity index (χ4n) is 3.07. The normalized spacial score (nSPS) is 22.8. The largest absolute Gasteiger partial charge is 0.387 e. The molecule has 0 spiro atoms. The van der Waals surface area contributed by atoms with Crippen molar-refractivity contribution in [3.8, 4) is 0 Å². The molecule has 0 unspecified atom stereocenters. The number of rotatable bonds is 5. The molecule has 1 saturated heterocycles. The van der Waals surface area contributed by atoms with Crippen LogP contribution in [0.4, 0.5) is 0 Å². The van der Waals surface area contributed by atoms with Crippen molar-refractivity contribution in [3.63, 3.8) is 0 Å². The predicted molar refractivity (Wildman–Crippen MR) is 81.2 cm³/mol. The second-order valence-corrected chi connectivity index (χ2v) is 6.23.